The van der Waals surface area contributed by atoms with E-state index in [9.17, 15) is 30.4 Å². The predicted molar refractivity (Wildman–Crippen MR) is 126 cm³/mol. The van der Waals surface area contributed by atoms with E-state index in [2.05, 4.69) is 0 Å². The second-order valence-corrected chi connectivity index (χ2v) is 7.57. The molecule has 0 amide bonds. The SMILES string of the molecule is CCOC(=O)c1c(C)[n+]([O-])c2ccccc2[n+]1[O-].CCOc1c(C)[n+]([O-])c2c([n+]1[O-])C=CCC2=C=O. The average molecular weight is 496 g/mol. The molecule has 0 bridgehead atoms. The van der Waals surface area contributed by atoms with E-state index >= 15 is 0 Å². The topological polar surface area (TPSA) is 160 Å². The van der Waals surface area contributed by atoms with Gasteiger partial charge < -0.3 is 30.3 Å². The van der Waals surface area contributed by atoms with Crippen LogP contribution in [0.1, 0.15) is 53.5 Å². The van der Waals surface area contributed by atoms with Gasteiger partial charge in [0.25, 0.3) is 22.4 Å². The molecule has 0 saturated carbocycles. The summed E-state index contributed by atoms with van der Waals surface area (Å²) < 4.78 is 12.1. The lowest BCUT2D eigenvalue weighted by molar-refractivity contribution is -0.676. The summed E-state index contributed by atoms with van der Waals surface area (Å²) >= 11 is 0. The number of carbonyl (C=O) groups is 1. The maximum absolute atomic E-state index is 12.1. The molecule has 0 fully saturated rings. The molecule has 1 aromatic carbocycles. The molecule has 0 unspecified atom stereocenters. The fraction of sp³-hybridized carbons (Fsp3) is 0.292. The lowest BCUT2D eigenvalue weighted by atomic mass is 10.0. The van der Waals surface area contributed by atoms with Gasteiger partial charge in [-0.05, 0) is 13.8 Å². The van der Waals surface area contributed by atoms with Crippen molar-refractivity contribution in [2.45, 2.75) is 34.1 Å². The standard InChI is InChI=1S/2C12H12N2O4/c1-3-18-12-8(2)13(16)11-9(7-15)5-4-6-10(11)14(12)17;1-3-18-12(15)11-8(2)13(16)9-6-4-5-7-10(9)14(11)17/h4,6H,3,5H2,1-2H3;4-7H,3H2,1-2H3. The second-order valence-electron chi connectivity index (χ2n) is 7.57. The van der Waals surface area contributed by atoms with Crippen molar-refractivity contribution in [2.24, 2.45) is 0 Å². The highest BCUT2D eigenvalue weighted by molar-refractivity contribution is 5.90. The van der Waals surface area contributed by atoms with Crippen LogP contribution in [0.4, 0.5) is 0 Å². The van der Waals surface area contributed by atoms with Crippen LogP contribution >= 0.6 is 0 Å². The quantitative estimate of drug-likeness (QED) is 0.223. The number of hydrogen-bond acceptors (Lipinski definition) is 8. The first-order valence-electron chi connectivity index (χ1n) is 11.0. The Bertz CT molecular complexity index is 1430. The zero-order valence-corrected chi connectivity index (χ0v) is 20.1. The van der Waals surface area contributed by atoms with Crippen LogP contribution < -0.4 is 23.7 Å². The zero-order chi connectivity index (χ0) is 26.6. The Morgan fingerprint density at radius 3 is 2.17 bits per heavy atom. The van der Waals surface area contributed by atoms with Crippen LogP contribution in [-0.2, 0) is 9.53 Å². The third-order valence-electron chi connectivity index (χ3n) is 5.39. The van der Waals surface area contributed by atoms with Gasteiger partial charge >= 0.3 is 28.9 Å². The van der Waals surface area contributed by atoms with E-state index in [0.717, 1.165) is 0 Å². The molecule has 2 heterocycles. The van der Waals surface area contributed by atoms with Crippen LogP contribution in [0.3, 0.4) is 0 Å². The van der Waals surface area contributed by atoms with E-state index < -0.39 is 5.97 Å². The monoisotopic (exact) mass is 496 g/mol. The molecule has 0 saturated heterocycles. The Hall–Kier alpha value is -4.70. The predicted octanol–water partition coefficient (Wildman–Crippen LogP) is 0.884. The number of aromatic nitrogens is 4. The molecular weight excluding hydrogens is 472 g/mol. The highest BCUT2D eigenvalue weighted by Gasteiger charge is 2.35. The fourth-order valence-corrected chi connectivity index (χ4v) is 3.69. The summed E-state index contributed by atoms with van der Waals surface area (Å²) in [6.07, 6.45) is 3.45. The van der Waals surface area contributed by atoms with Gasteiger partial charge in [-0.15, -0.1) is 9.46 Å². The van der Waals surface area contributed by atoms with Crippen molar-refractivity contribution >= 4 is 34.6 Å². The van der Waals surface area contributed by atoms with Gasteiger partial charge in [0.15, 0.2) is 0 Å². The van der Waals surface area contributed by atoms with Gasteiger partial charge in [-0.2, -0.15) is 9.46 Å². The Morgan fingerprint density at radius 2 is 1.58 bits per heavy atom. The molecule has 0 spiro atoms. The fourth-order valence-electron chi connectivity index (χ4n) is 3.69. The van der Waals surface area contributed by atoms with Crippen LogP contribution in [0, 0.1) is 34.7 Å². The van der Waals surface area contributed by atoms with Crippen molar-refractivity contribution in [3.05, 3.63) is 79.6 Å². The summed E-state index contributed by atoms with van der Waals surface area (Å²) in [5, 5.41) is 48.2. The van der Waals surface area contributed by atoms with Crippen molar-refractivity contribution in [1.82, 2.24) is 0 Å². The normalized spacial score (nSPS) is 11.8. The molecule has 0 aliphatic heterocycles. The van der Waals surface area contributed by atoms with E-state index in [-0.39, 0.29) is 64.2 Å². The van der Waals surface area contributed by atoms with E-state index in [1.165, 1.54) is 32.1 Å². The van der Waals surface area contributed by atoms with Crippen molar-refractivity contribution in [1.29, 1.82) is 0 Å². The summed E-state index contributed by atoms with van der Waals surface area (Å²) in [6, 6.07) is 6.29. The van der Waals surface area contributed by atoms with E-state index in [4.69, 9.17) is 9.47 Å². The van der Waals surface area contributed by atoms with Crippen molar-refractivity contribution < 1.29 is 38.0 Å². The molecular formula is C24H24N4O8. The molecule has 1 aliphatic carbocycles. The maximum Gasteiger partial charge on any atom is 0.450 e. The lowest BCUT2D eigenvalue weighted by Gasteiger charge is -2.15. The number of para-hydroxylation sites is 2. The molecule has 0 atom stereocenters. The van der Waals surface area contributed by atoms with Crippen LogP contribution in [0.2, 0.25) is 0 Å². The Labute approximate surface area is 205 Å². The van der Waals surface area contributed by atoms with Crippen LogP contribution in [0.25, 0.3) is 22.7 Å². The van der Waals surface area contributed by atoms with Crippen molar-refractivity contribution in [2.75, 3.05) is 13.2 Å². The zero-order valence-electron chi connectivity index (χ0n) is 20.1. The van der Waals surface area contributed by atoms with Gasteiger partial charge in [0.05, 0.1) is 13.2 Å². The van der Waals surface area contributed by atoms with Gasteiger partial charge in [-0.3, -0.25) is 0 Å². The van der Waals surface area contributed by atoms with Crippen LogP contribution in [0.5, 0.6) is 5.88 Å². The summed E-state index contributed by atoms with van der Waals surface area (Å²) in [4.78, 5) is 22.5. The third-order valence-corrected chi connectivity index (χ3v) is 5.39. The lowest BCUT2D eigenvalue weighted by Crippen LogP contribution is -2.47. The Balaban J connectivity index is 0.000000201. The van der Waals surface area contributed by atoms with Crippen LogP contribution in [-0.4, -0.2) is 25.1 Å². The van der Waals surface area contributed by atoms with Crippen molar-refractivity contribution in [3.63, 3.8) is 0 Å². The Morgan fingerprint density at radius 1 is 0.944 bits per heavy atom. The molecule has 4 rings (SSSR count). The Kier molecular flexibility index (Phi) is 7.70. The molecule has 36 heavy (non-hydrogen) atoms. The third kappa shape index (κ3) is 4.49. The first-order valence-corrected chi connectivity index (χ1v) is 11.0. The second kappa shape index (κ2) is 10.7. The number of ether oxygens (including phenoxy) is 2. The van der Waals surface area contributed by atoms with E-state index in [0.29, 0.717) is 25.3 Å². The average Bonchev–Trinajstić information content (AvgIpc) is 2.88. The largest absolute Gasteiger partial charge is 0.618 e. The molecule has 3 aromatic rings. The minimum Gasteiger partial charge on any atom is -0.618 e. The van der Waals surface area contributed by atoms with Crippen LogP contribution in [0.15, 0.2) is 30.3 Å². The van der Waals surface area contributed by atoms with Gasteiger partial charge in [0, 0.05) is 38.5 Å². The number of hydrogen-bond donors (Lipinski definition) is 0. The number of benzene rings is 1. The van der Waals surface area contributed by atoms with Gasteiger partial charge in [0.2, 0.25) is 0 Å². The highest BCUT2D eigenvalue weighted by atomic mass is 16.6. The summed E-state index contributed by atoms with van der Waals surface area (Å²) in [6.45, 7) is 6.68. The number of esters is 1. The molecule has 1 aliphatic rings. The minimum absolute atomic E-state index is 0.0298. The number of carbonyl (C=O) groups excluding carboxylic acids is 2. The number of nitrogens with zero attached hydrogens (tertiary/aromatic N) is 4. The molecule has 12 heteroatoms. The summed E-state index contributed by atoms with van der Waals surface area (Å²) in [5.74, 6) is 0.878. The van der Waals surface area contributed by atoms with Gasteiger partial charge in [0.1, 0.15) is 11.5 Å². The molecule has 0 radical (unpaired) electrons. The van der Waals surface area contributed by atoms with Crippen molar-refractivity contribution in [3.8, 4) is 5.88 Å². The number of allylic oxidation sites excluding steroid dienone is 2. The van der Waals surface area contributed by atoms with E-state index in [1.807, 2.05) is 0 Å². The van der Waals surface area contributed by atoms with Gasteiger partial charge in [-0.25, -0.2) is 9.59 Å². The summed E-state index contributed by atoms with van der Waals surface area (Å²) in [5.41, 5.74) is 0.603. The molecule has 188 valence electrons. The first kappa shape index (κ1) is 25.9. The van der Waals surface area contributed by atoms with Gasteiger partial charge in [-0.1, -0.05) is 18.2 Å². The number of rotatable bonds is 4. The minimum atomic E-state index is -0.791. The highest BCUT2D eigenvalue weighted by Crippen LogP contribution is 2.24. The molecule has 2 aromatic heterocycles. The smallest absolute Gasteiger partial charge is 0.450 e. The first-order chi connectivity index (χ1) is 17.2. The number of fused-ring (bicyclic) bond motifs is 2. The summed E-state index contributed by atoms with van der Waals surface area (Å²) in [7, 11) is 0. The van der Waals surface area contributed by atoms with E-state index in [1.54, 1.807) is 38.0 Å². The molecule has 12 nitrogen and oxygen atoms in total. The molecule has 0 N–H and O–H groups in total. The maximum atomic E-state index is 12.1.